The molecule has 0 aliphatic rings. The van der Waals surface area contributed by atoms with Crippen molar-refractivity contribution in [3.05, 3.63) is 29.3 Å². The first-order valence-corrected chi connectivity index (χ1v) is 14.4. The molecule has 0 bridgehead atoms. The molecule has 0 saturated heterocycles. The number of quaternary nitrogens is 7. The van der Waals surface area contributed by atoms with E-state index in [1.54, 1.807) is 0 Å². The number of hydrogen-bond acceptors (Lipinski definition) is 1. The van der Waals surface area contributed by atoms with E-state index in [1.165, 1.54) is 43.6 Å². The van der Waals surface area contributed by atoms with E-state index < -0.39 is 0 Å². The molecule has 0 amide bonds. The van der Waals surface area contributed by atoms with Gasteiger partial charge in [0.05, 0.1) is 71.0 Å². The Morgan fingerprint density at radius 2 is 1.05 bits per heavy atom. The van der Waals surface area contributed by atoms with E-state index in [1.807, 2.05) is 0 Å². The number of hydrogen-bond donors (Lipinski definition) is 7. The van der Waals surface area contributed by atoms with E-state index in [0.29, 0.717) is 12.1 Å². The van der Waals surface area contributed by atoms with E-state index in [2.05, 4.69) is 70.9 Å². The molecule has 0 aliphatic carbocycles. The fraction of sp³-hybridized carbons (Fsp3) is 0.778. The molecule has 0 aromatic heterocycles. The lowest BCUT2D eigenvalue weighted by Crippen LogP contribution is -3.00. The molecule has 2 atom stereocenters. The van der Waals surface area contributed by atoms with Gasteiger partial charge in [0.25, 0.3) is 0 Å². The van der Waals surface area contributed by atoms with Crippen LogP contribution in [0.2, 0.25) is 0 Å². The van der Waals surface area contributed by atoms with Crippen LogP contribution in [0.15, 0.2) is 18.2 Å². The van der Waals surface area contributed by atoms with Gasteiger partial charge in [0.1, 0.15) is 5.75 Å². The van der Waals surface area contributed by atoms with Crippen molar-refractivity contribution in [2.24, 2.45) is 5.92 Å². The minimum atomic E-state index is 0. The summed E-state index contributed by atoms with van der Waals surface area (Å²) >= 11 is 0. The Labute approximate surface area is 299 Å². The van der Waals surface area contributed by atoms with Gasteiger partial charge in [-0.3, -0.25) is 0 Å². The summed E-state index contributed by atoms with van der Waals surface area (Å²) < 4.78 is 6.22. The van der Waals surface area contributed by atoms with Crippen LogP contribution in [-0.2, 0) is 12.8 Å². The van der Waals surface area contributed by atoms with Gasteiger partial charge in [0.15, 0.2) is 0 Å². The lowest BCUT2D eigenvalue weighted by molar-refractivity contribution is -0.661. The Hall–Kier alpha value is 0.770. The van der Waals surface area contributed by atoms with Crippen LogP contribution >= 0.6 is 0 Å². The van der Waals surface area contributed by atoms with Crippen LogP contribution in [0.1, 0.15) is 57.1 Å². The number of ether oxygens (including phenoxy) is 1. The maximum Gasteiger partial charge on any atom is 0.119 e. The third kappa shape index (κ3) is 33.7. The number of halogens is 7. The Morgan fingerprint density at radius 3 is 1.45 bits per heavy atom. The maximum atomic E-state index is 6.22. The van der Waals surface area contributed by atoms with Crippen molar-refractivity contribution >= 4 is 0 Å². The highest BCUT2D eigenvalue weighted by molar-refractivity contribution is 5.35. The van der Waals surface area contributed by atoms with Crippen molar-refractivity contribution in [1.82, 2.24) is 0 Å². The smallest absolute Gasteiger partial charge is 0.119 e. The second kappa shape index (κ2) is 39.8. The number of benzene rings is 1. The molecule has 1 aromatic rings. The van der Waals surface area contributed by atoms with Gasteiger partial charge in [-0.25, -0.2) is 0 Å². The van der Waals surface area contributed by atoms with Crippen molar-refractivity contribution < 1.29 is 130 Å². The van der Waals surface area contributed by atoms with Gasteiger partial charge in [-0.2, -0.15) is 0 Å². The van der Waals surface area contributed by atoms with Gasteiger partial charge in [-0.15, -0.1) is 0 Å². The Bertz CT molecular complexity index is 617. The lowest BCUT2D eigenvalue weighted by Gasteiger charge is -2.15. The third-order valence-electron chi connectivity index (χ3n) is 6.41. The summed E-state index contributed by atoms with van der Waals surface area (Å²) in [5.74, 6) is 1.76. The Morgan fingerprint density at radius 1 is 0.619 bits per heavy atom. The molecule has 1 rings (SSSR count). The average Bonchev–Trinajstić information content (AvgIpc) is 2.80. The fourth-order valence-electron chi connectivity index (χ4n) is 4.36. The van der Waals surface area contributed by atoms with Crippen molar-refractivity contribution in [3.63, 3.8) is 0 Å². The zero-order valence-electron chi connectivity index (χ0n) is 25.9. The molecule has 2 unspecified atom stereocenters. The summed E-state index contributed by atoms with van der Waals surface area (Å²) in [5.41, 5.74) is 19.5. The van der Waals surface area contributed by atoms with E-state index in [-0.39, 0.29) is 86.8 Å². The third-order valence-corrected chi connectivity index (χ3v) is 6.41. The van der Waals surface area contributed by atoms with Gasteiger partial charge in [-0.05, 0) is 23.3 Å². The van der Waals surface area contributed by atoms with Crippen molar-refractivity contribution in [3.8, 4) is 5.75 Å². The SMILES string of the molecule is CC(C)C[NH2+]CCCOc1cc(CC([NH3+])CC[NH2+]CCC[NH3+])cc(CC([NH3+])CC[NH2+]CCC[NH3+])c1.[Cl-].[Cl-].[Cl-].[Cl-].[Cl-].[Cl-].[Cl-]. The molecule has 42 heavy (non-hydrogen) atoms. The summed E-state index contributed by atoms with van der Waals surface area (Å²) in [6.07, 6.45) is 7.77. The summed E-state index contributed by atoms with van der Waals surface area (Å²) in [5, 5.41) is 7.22. The van der Waals surface area contributed by atoms with Gasteiger partial charge >= 0.3 is 0 Å². The molecule has 0 heterocycles. The minimum Gasteiger partial charge on any atom is -1.00 e. The van der Waals surface area contributed by atoms with Crippen LogP contribution in [0.4, 0.5) is 0 Å². The second-order valence-corrected chi connectivity index (χ2v) is 10.8. The van der Waals surface area contributed by atoms with E-state index >= 15 is 0 Å². The highest BCUT2D eigenvalue weighted by Gasteiger charge is 2.14. The van der Waals surface area contributed by atoms with Crippen LogP contribution in [0.25, 0.3) is 0 Å². The average molecular weight is 749 g/mol. The summed E-state index contributed by atoms with van der Waals surface area (Å²) in [6.45, 7) is 14.3. The minimum absolute atomic E-state index is 0. The molecule has 0 radical (unpaired) electrons. The summed E-state index contributed by atoms with van der Waals surface area (Å²) in [4.78, 5) is 0. The zero-order chi connectivity index (χ0) is 25.7. The molecule has 0 saturated carbocycles. The monoisotopic (exact) mass is 745 g/mol. The van der Waals surface area contributed by atoms with E-state index in [4.69, 9.17) is 4.74 Å². The molecular weight excluding hydrogens is 687 g/mol. The maximum absolute atomic E-state index is 6.22. The van der Waals surface area contributed by atoms with Crippen molar-refractivity contribution in [1.29, 1.82) is 0 Å². The standard InChI is InChI=1S/C27H55N7O.7ClH/c1-22(2)21-34-12-5-15-35-27-19-23(17-25(30)6-13-32-10-3-8-28)16-24(20-27)18-26(31)7-14-33-11-4-9-29;;;;;;;/h16,19-20,22,25-26,32-34H,3-15,17-18,21,28-31H2,1-2H3;7*1H. The summed E-state index contributed by atoms with van der Waals surface area (Å²) in [6, 6.07) is 7.72. The van der Waals surface area contributed by atoms with Gasteiger partial charge in [-0.1, -0.05) is 19.9 Å². The predicted octanol–water partition coefficient (Wildman–Crippen LogP) is -25.8. The quantitative estimate of drug-likeness (QED) is 0.0544. The molecule has 0 fully saturated rings. The van der Waals surface area contributed by atoms with E-state index in [0.717, 1.165) is 83.1 Å². The summed E-state index contributed by atoms with van der Waals surface area (Å²) in [7, 11) is 0. The van der Waals surface area contributed by atoms with E-state index in [9.17, 15) is 0 Å². The van der Waals surface area contributed by atoms with Crippen molar-refractivity contribution in [2.75, 3.05) is 59.0 Å². The lowest BCUT2D eigenvalue weighted by atomic mass is 9.97. The first kappa shape index (κ1) is 58.3. The van der Waals surface area contributed by atoms with Gasteiger partial charge < -0.3 is 130 Å². The molecule has 15 heteroatoms. The normalized spacial score (nSPS) is 11.1. The van der Waals surface area contributed by atoms with Gasteiger partial charge in [0.2, 0.25) is 0 Å². The number of nitrogens with two attached hydrogens (primary N) is 3. The zero-order valence-corrected chi connectivity index (χ0v) is 31.2. The van der Waals surface area contributed by atoms with Gasteiger partial charge in [0, 0.05) is 50.9 Å². The molecule has 18 N–H and O–H groups in total. The van der Waals surface area contributed by atoms with Crippen molar-refractivity contribution in [2.45, 2.75) is 70.9 Å². The van der Waals surface area contributed by atoms with Crippen LogP contribution in [0, 0.1) is 5.92 Å². The predicted molar refractivity (Wildman–Crippen MR) is 141 cm³/mol. The molecule has 0 aliphatic heterocycles. The van der Waals surface area contributed by atoms with Crippen LogP contribution in [-0.4, -0.2) is 71.0 Å². The largest absolute Gasteiger partial charge is 1.00 e. The number of rotatable bonds is 23. The second-order valence-electron chi connectivity index (χ2n) is 10.8. The first-order valence-electron chi connectivity index (χ1n) is 14.4. The Kier molecular flexibility index (Phi) is 55.3. The highest BCUT2D eigenvalue weighted by Crippen LogP contribution is 2.20. The molecule has 1 aromatic carbocycles. The topological polar surface area (TPSA) is 170 Å². The first-order chi connectivity index (χ1) is 16.9. The van der Waals surface area contributed by atoms with Crippen LogP contribution in [0.3, 0.4) is 0 Å². The highest BCUT2D eigenvalue weighted by atomic mass is 35.5. The fourth-order valence-corrected chi connectivity index (χ4v) is 4.36. The van der Waals surface area contributed by atoms with Crippen LogP contribution < -0.4 is 130 Å². The Balaban J connectivity index is -0.000000350. The molecule has 260 valence electrons. The van der Waals surface area contributed by atoms with Crippen LogP contribution in [0.5, 0.6) is 5.75 Å². The molecule has 0 spiro atoms. The molecule has 8 nitrogen and oxygen atoms in total. The molecular formula is C27H62Cl7N7O.